The van der Waals surface area contributed by atoms with Gasteiger partial charge in [0.1, 0.15) is 5.82 Å². The fraction of sp³-hybridized carbons (Fsp3) is 0.0667. The van der Waals surface area contributed by atoms with Gasteiger partial charge >= 0.3 is 0 Å². The molecule has 4 heteroatoms. The summed E-state index contributed by atoms with van der Waals surface area (Å²) in [5, 5.41) is 0.729. The molecule has 1 aromatic carbocycles. The first-order chi connectivity index (χ1) is 9.24. The monoisotopic (exact) mass is 251 g/mol. The maximum Gasteiger partial charge on any atom is 0.189 e. The van der Waals surface area contributed by atoms with Crippen molar-refractivity contribution in [1.29, 1.82) is 0 Å². The van der Waals surface area contributed by atoms with E-state index < -0.39 is 0 Å². The summed E-state index contributed by atoms with van der Waals surface area (Å²) >= 11 is 0. The average molecular weight is 251 g/mol. The Morgan fingerprint density at radius 1 is 1.16 bits per heavy atom. The van der Waals surface area contributed by atoms with Crippen molar-refractivity contribution < 1.29 is 0 Å². The Morgan fingerprint density at radius 3 is 2.84 bits per heavy atom. The van der Waals surface area contributed by atoms with Crippen LogP contribution in [0.15, 0.2) is 59.7 Å². The van der Waals surface area contributed by atoms with Crippen LogP contribution in [0.5, 0.6) is 0 Å². The molecule has 2 heterocycles. The highest BCUT2D eigenvalue weighted by Crippen LogP contribution is 2.12. The van der Waals surface area contributed by atoms with Gasteiger partial charge in [-0.3, -0.25) is 4.79 Å². The highest BCUT2D eigenvalue weighted by molar-refractivity contribution is 5.78. The number of hydrogen-bond donors (Lipinski definition) is 1. The van der Waals surface area contributed by atoms with Crippen molar-refractivity contribution in [3.63, 3.8) is 0 Å². The lowest BCUT2D eigenvalue weighted by Crippen LogP contribution is -2.09. The van der Waals surface area contributed by atoms with Crippen LogP contribution in [0.25, 0.3) is 10.9 Å². The van der Waals surface area contributed by atoms with E-state index in [9.17, 15) is 4.79 Å². The van der Waals surface area contributed by atoms with Gasteiger partial charge in [0.2, 0.25) is 0 Å². The summed E-state index contributed by atoms with van der Waals surface area (Å²) in [7, 11) is 0. The van der Waals surface area contributed by atoms with Crippen molar-refractivity contribution in [2.75, 3.05) is 5.73 Å². The highest BCUT2D eigenvalue weighted by atomic mass is 16.1. The standard InChI is InChI=1S/C15H13N3O/c16-15-9-11(5-7-17-15)10-18-8-6-14(19)12-3-1-2-4-13(12)18/h1-9H,10H2,(H2,16,17). The van der Waals surface area contributed by atoms with Gasteiger partial charge in [0.25, 0.3) is 0 Å². The normalized spacial score (nSPS) is 10.7. The molecule has 19 heavy (non-hydrogen) atoms. The molecule has 0 spiro atoms. The van der Waals surface area contributed by atoms with Gasteiger partial charge in [-0.25, -0.2) is 4.98 Å². The van der Waals surface area contributed by atoms with Gasteiger partial charge in [-0.1, -0.05) is 12.1 Å². The lowest BCUT2D eigenvalue weighted by Gasteiger charge is -2.10. The van der Waals surface area contributed by atoms with Crippen molar-refractivity contribution in [2.45, 2.75) is 6.54 Å². The molecule has 0 saturated heterocycles. The molecule has 2 aromatic heterocycles. The second-order valence-corrected chi connectivity index (χ2v) is 4.41. The van der Waals surface area contributed by atoms with Gasteiger partial charge in [-0.05, 0) is 29.8 Å². The van der Waals surface area contributed by atoms with E-state index in [2.05, 4.69) is 4.98 Å². The first-order valence-corrected chi connectivity index (χ1v) is 6.02. The molecule has 0 radical (unpaired) electrons. The first-order valence-electron chi connectivity index (χ1n) is 6.02. The largest absolute Gasteiger partial charge is 0.384 e. The molecule has 0 fully saturated rings. The fourth-order valence-electron chi connectivity index (χ4n) is 2.19. The lowest BCUT2D eigenvalue weighted by molar-refractivity contribution is 0.824. The lowest BCUT2D eigenvalue weighted by atomic mass is 10.2. The minimum absolute atomic E-state index is 0.0427. The quantitative estimate of drug-likeness (QED) is 0.758. The number of aromatic nitrogens is 2. The van der Waals surface area contributed by atoms with Gasteiger partial charge in [0.15, 0.2) is 5.43 Å². The summed E-state index contributed by atoms with van der Waals surface area (Å²) in [5.74, 6) is 0.503. The van der Waals surface area contributed by atoms with Crippen LogP contribution in [-0.2, 0) is 6.54 Å². The third-order valence-electron chi connectivity index (χ3n) is 3.08. The van der Waals surface area contributed by atoms with Crippen LogP contribution in [0.2, 0.25) is 0 Å². The number of pyridine rings is 2. The molecule has 3 rings (SSSR count). The number of para-hydroxylation sites is 1. The Balaban J connectivity index is 2.11. The summed E-state index contributed by atoms with van der Waals surface area (Å²) in [4.78, 5) is 15.8. The molecule has 0 aliphatic rings. The van der Waals surface area contributed by atoms with Gasteiger partial charge in [-0.15, -0.1) is 0 Å². The van der Waals surface area contributed by atoms with Gasteiger partial charge in [0, 0.05) is 30.4 Å². The predicted octanol–water partition coefficient (Wildman–Crippen LogP) is 2.03. The van der Waals surface area contributed by atoms with E-state index in [1.165, 1.54) is 0 Å². The number of hydrogen-bond acceptors (Lipinski definition) is 3. The molecule has 0 saturated carbocycles. The number of nitrogens with zero attached hydrogens (tertiary/aromatic N) is 2. The Labute approximate surface area is 110 Å². The fourth-order valence-corrected chi connectivity index (χ4v) is 2.19. The SMILES string of the molecule is Nc1cc(Cn2ccc(=O)c3ccccc32)ccn1. The second kappa shape index (κ2) is 4.57. The van der Waals surface area contributed by atoms with Gasteiger partial charge in [0.05, 0.1) is 5.52 Å². The summed E-state index contributed by atoms with van der Waals surface area (Å²) in [6, 6.07) is 12.9. The zero-order valence-corrected chi connectivity index (χ0v) is 10.3. The summed E-state index contributed by atoms with van der Waals surface area (Å²) in [6.07, 6.45) is 3.50. The summed E-state index contributed by atoms with van der Waals surface area (Å²) in [5.41, 5.74) is 7.70. The molecule has 0 unspecified atom stereocenters. The van der Waals surface area contributed by atoms with E-state index in [1.54, 1.807) is 18.5 Å². The Hall–Kier alpha value is -2.62. The van der Waals surface area contributed by atoms with Gasteiger partial charge < -0.3 is 10.3 Å². The summed E-state index contributed by atoms with van der Waals surface area (Å²) < 4.78 is 2.03. The van der Waals surface area contributed by atoms with E-state index in [-0.39, 0.29) is 5.43 Å². The average Bonchev–Trinajstić information content (AvgIpc) is 2.42. The second-order valence-electron chi connectivity index (χ2n) is 4.41. The van der Waals surface area contributed by atoms with Crippen molar-refractivity contribution >= 4 is 16.7 Å². The van der Waals surface area contributed by atoms with E-state index in [0.29, 0.717) is 12.4 Å². The topological polar surface area (TPSA) is 60.9 Å². The molecular formula is C15H13N3O. The van der Waals surface area contributed by atoms with Crippen molar-refractivity contribution in [3.8, 4) is 0 Å². The molecule has 0 atom stereocenters. The number of fused-ring (bicyclic) bond motifs is 1. The van der Waals surface area contributed by atoms with Crippen LogP contribution in [0.1, 0.15) is 5.56 Å². The molecule has 3 aromatic rings. The minimum Gasteiger partial charge on any atom is -0.384 e. The Bertz CT molecular complexity index is 792. The smallest absolute Gasteiger partial charge is 0.189 e. The van der Waals surface area contributed by atoms with Crippen LogP contribution in [0.3, 0.4) is 0 Å². The third kappa shape index (κ3) is 2.20. The zero-order chi connectivity index (χ0) is 13.2. The minimum atomic E-state index is 0.0427. The molecule has 0 bridgehead atoms. The van der Waals surface area contributed by atoms with Crippen LogP contribution < -0.4 is 11.2 Å². The molecule has 4 nitrogen and oxygen atoms in total. The number of rotatable bonds is 2. The van der Waals surface area contributed by atoms with E-state index in [1.807, 2.05) is 41.0 Å². The van der Waals surface area contributed by atoms with Crippen LogP contribution in [0.4, 0.5) is 5.82 Å². The zero-order valence-electron chi connectivity index (χ0n) is 10.3. The van der Waals surface area contributed by atoms with E-state index in [0.717, 1.165) is 16.5 Å². The number of nitrogen functional groups attached to an aromatic ring is 1. The number of anilines is 1. The molecule has 0 aliphatic heterocycles. The van der Waals surface area contributed by atoms with Gasteiger partial charge in [-0.2, -0.15) is 0 Å². The Kier molecular flexibility index (Phi) is 2.76. The third-order valence-corrected chi connectivity index (χ3v) is 3.08. The highest BCUT2D eigenvalue weighted by Gasteiger charge is 2.03. The maximum absolute atomic E-state index is 11.8. The number of nitrogens with two attached hydrogens (primary N) is 1. The summed E-state index contributed by atoms with van der Waals surface area (Å²) in [6.45, 7) is 0.660. The molecule has 94 valence electrons. The van der Waals surface area contributed by atoms with Crippen LogP contribution in [0, 0.1) is 0 Å². The Morgan fingerprint density at radius 2 is 2.00 bits per heavy atom. The van der Waals surface area contributed by atoms with Crippen LogP contribution >= 0.6 is 0 Å². The number of benzene rings is 1. The first kappa shape index (κ1) is 11.5. The van der Waals surface area contributed by atoms with Crippen LogP contribution in [-0.4, -0.2) is 9.55 Å². The maximum atomic E-state index is 11.8. The molecule has 0 amide bonds. The van der Waals surface area contributed by atoms with Crippen molar-refractivity contribution in [1.82, 2.24) is 9.55 Å². The van der Waals surface area contributed by atoms with Crippen molar-refractivity contribution in [3.05, 3.63) is 70.6 Å². The molecular weight excluding hydrogens is 238 g/mol. The molecule has 0 aliphatic carbocycles. The predicted molar refractivity (Wildman–Crippen MR) is 76.0 cm³/mol. The van der Waals surface area contributed by atoms with Crippen molar-refractivity contribution in [2.24, 2.45) is 0 Å². The van der Waals surface area contributed by atoms with E-state index in [4.69, 9.17) is 5.73 Å². The van der Waals surface area contributed by atoms with E-state index >= 15 is 0 Å². The molecule has 2 N–H and O–H groups in total.